The van der Waals surface area contributed by atoms with Crippen LogP contribution in [0.5, 0.6) is 0 Å². The number of fused-ring (bicyclic) bond motifs is 1. The number of esters is 1. The molecule has 0 atom stereocenters. The normalized spacial score (nSPS) is 11.0. The lowest BCUT2D eigenvalue weighted by molar-refractivity contribution is -0.144. The topological polar surface area (TPSA) is 78.1 Å². The number of halogens is 2. The summed E-state index contributed by atoms with van der Waals surface area (Å²) < 4.78 is 18.9. The van der Waals surface area contributed by atoms with Gasteiger partial charge in [-0.15, -0.1) is 11.3 Å². The van der Waals surface area contributed by atoms with Gasteiger partial charge in [-0.3, -0.25) is 4.79 Å². The molecular formula is C17H15ClFN3O2S. The number of aromatic nitrogens is 2. The number of ether oxygens (including phenoxy) is 1. The lowest BCUT2D eigenvalue weighted by Gasteiger charge is -2.07. The molecule has 2 aromatic heterocycles. The highest BCUT2D eigenvalue weighted by molar-refractivity contribution is 7.18. The number of nitrogens with two attached hydrogens (primary N) is 1. The fourth-order valence-electron chi connectivity index (χ4n) is 2.43. The van der Waals surface area contributed by atoms with Crippen molar-refractivity contribution in [3.05, 3.63) is 50.9 Å². The zero-order chi connectivity index (χ0) is 18.1. The van der Waals surface area contributed by atoms with Crippen molar-refractivity contribution in [1.29, 1.82) is 0 Å². The molecule has 0 aliphatic rings. The van der Waals surface area contributed by atoms with Crippen LogP contribution in [0.2, 0.25) is 5.02 Å². The summed E-state index contributed by atoms with van der Waals surface area (Å²) in [5, 5.41) is 1.01. The van der Waals surface area contributed by atoms with Crippen molar-refractivity contribution < 1.29 is 13.9 Å². The maximum Gasteiger partial charge on any atom is 0.310 e. The van der Waals surface area contributed by atoms with Crippen LogP contribution in [0, 0.1) is 19.7 Å². The van der Waals surface area contributed by atoms with E-state index in [0.717, 1.165) is 20.7 Å². The van der Waals surface area contributed by atoms with Crippen molar-refractivity contribution in [2.45, 2.75) is 26.9 Å². The van der Waals surface area contributed by atoms with E-state index >= 15 is 0 Å². The summed E-state index contributed by atoms with van der Waals surface area (Å²) in [6.07, 6.45) is -0.263. The Morgan fingerprint density at radius 1 is 1.36 bits per heavy atom. The molecule has 0 unspecified atom stereocenters. The van der Waals surface area contributed by atoms with Gasteiger partial charge in [-0.25, -0.2) is 14.4 Å². The second-order valence-corrected chi connectivity index (χ2v) is 7.14. The van der Waals surface area contributed by atoms with Crippen LogP contribution >= 0.6 is 22.9 Å². The van der Waals surface area contributed by atoms with Gasteiger partial charge in [0.15, 0.2) is 12.4 Å². The van der Waals surface area contributed by atoms with Crippen LogP contribution in [0.15, 0.2) is 18.2 Å². The highest BCUT2D eigenvalue weighted by Crippen LogP contribution is 2.31. The molecule has 0 saturated carbocycles. The van der Waals surface area contributed by atoms with Crippen LogP contribution in [0.25, 0.3) is 10.2 Å². The standard InChI is InChI=1S/C17H15ClFN3O2S/c1-8-9(2)25-17-15(8)16(20)21-13(22-17)7-24-14(23)6-10-11(18)4-3-5-12(10)19/h3-5H,6-7H2,1-2H3,(H2,20,21,22). The van der Waals surface area contributed by atoms with Gasteiger partial charge >= 0.3 is 5.97 Å². The number of benzene rings is 1. The molecule has 0 aliphatic heterocycles. The number of nitrogen functional groups attached to an aromatic ring is 1. The van der Waals surface area contributed by atoms with Crippen molar-refractivity contribution in [2.24, 2.45) is 0 Å². The number of thiophene rings is 1. The van der Waals surface area contributed by atoms with Crippen LogP contribution < -0.4 is 5.73 Å². The predicted molar refractivity (Wildman–Crippen MR) is 96.2 cm³/mol. The Morgan fingerprint density at radius 3 is 2.84 bits per heavy atom. The second kappa shape index (κ2) is 6.93. The number of nitrogens with zero attached hydrogens (tertiary/aromatic N) is 2. The third-order valence-corrected chi connectivity index (χ3v) is 5.30. The highest BCUT2D eigenvalue weighted by atomic mass is 35.5. The first-order valence-electron chi connectivity index (χ1n) is 7.47. The fourth-order valence-corrected chi connectivity index (χ4v) is 3.72. The number of carbonyl (C=O) groups is 1. The Balaban J connectivity index is 1.73. The van der Waals surface area contributed by atoms with E-state index in [1.807, 2.05) is 13.8 Å². The molecule has 0 radical (unpaired) electrons. The third kappa shape index (κ3) is 3.57. The molecule has 1 aromatic carbocycles. The van der Waals surface area contributed by atoms with Crippen LogP contribution in [-0.4, -0.2) is 15.9 Å². The van der Waals surface area contributed by atoms with E-state index < -0.39 is 11.8 Å². The van der Waals surface area contributed by atoms with E-state index in [2.05, 4.69) is 9.97 Å². The van der Waals surface area contributed by atoms with Gasteiger partial charge in [-0.05, 0) is 31.5 Å². The Kier molecular flexibility index (Phi) is 4.87. The van der Waals surface area contributed by atoms with Crippen LogP contribution in [0.4, 0.5) is 10.2 Å². The lowest BCUT2D eigenvalue weighted by Crippen LogP contribution is -2.11. The van der Waals surface area contributed by atoms with Gasteiger partial charge in [0.25, 0.3) is 0 Å². The number of rotatable bonds is 4. The molecule has 130 valence electrons. The molecule has 0 bridgehead atoms. The van der Waals surface area contributed by atoms with E-state index in [9.17, 15) is 9.18 Å². The summed E-state index contributed by atoms with van der Waals surface area (Å²) >= 11 is 7.42. The van der Waals surface area contributed by atoms with Crippen LogP contribution in [0.1, 0.15) is 21.8 Å². The van der Waals surface area contributed by atoms with Gasteiger partial charge in [0, 0.05) is 15.5 Å². The van der Waals surface area contributed by atoms with Crippen molar-refractivity contribution in [1.82, 2.24) is 9.97 Å². The summed E-state index contributed by atoms with van der Waals surface area (Å²) in [6.45, 7) is 3.81. The van der Waals surface area contributed by atoms with Gasteiger partial charge in [-0.1, -0.05) is 17.7 Å². The summed E-state index contributed by atoms with van der Waals surface area (Å²) in [5.74, 6) is -0.502. The molecule has 2 heterocycles. The first kappa shape index (κ1) is 17.6. The van der Waals surface area contributed by atoms with Gasteiger partial charge in [-0.2, -0.15) is 0 Å². The Hall–Kier alpha value is -2.25. The maximum atomic E-state index is 13.7. The molecule has 0 aliphatic carbocycles. The Morgan fingerprint density at radius 2 is 2.12 bits per heavy atom. The Bertz CT molecular complexity index is 954. The zero-order valence-corrected chi connectivity index (χ0v) is 15.2. The molecule has 3 rings (SSSR count). The quantitative estimate of drug-likeness (QED) is 0.694. The molecule has 25 heavy (non-hydrogen) atoms. The monoisotopic (exact) mass is 379 g/mol. The van der Waals surface area contributed by atoms with E-state index in [4.69, 9.17) is 22.1 Å². The van der Waals surface area contributed by atoms with Crippen molar-refractivity contribution in [3.63, 3.8) is 0 Å². The highest BCUT2D eigenvalue weighted by Gasteiger charge is 2.16. The first-order chi connectivity index (χ1) is 11.9. The number of carbonyl (C=O) groups excluding carboxylic acids is 1. The van der Waals surface area contributed by atoms with Crippen molar-refractivity contribution >= 4 is 44.9 Å². The number of aryl methyl sites for hydroxylation is 2. The number of hydrogen-bond donors (Lipinski definition) is 1. The molecule has 0 saturated heterocycles. The van der Waals surface area contributed by atoms with Crippen LogP contribution in [-0.2, 0) is 22.6 Å². The second-order valence-electron chi connectivity index (χ2n) is 5.53. The first-order valence-corrected chi connectivity index (χ1v) is 8.67. The van der Waals surface area contributed by atoms with E-state index in [1.54, 1.807) is 0 Å². The average molecular weight is 380 g/mol. The summed E-state index contributed by atoms with van der Waals surface area (Å²) in [6, 6.07) is 4.24. The Labute approximate surface area is 152 Å². The van der Waals surface area contributed by atoms with Crippen molar-refractivity contribution in [2.75, 3.05) is 5.73 Å². The summed E-state index contributed by atoms with van der Waals surface area (Å²) in [4.78, 5) is 22.4. The van der Waals surface area contributed by atoms with Gasteiger partial charge in [0.1, 0.15) is 16.5 Å². The molecule has 2 N–H and O–H groups in total. The molecule has 8 heteroatoms. The van der Waals surface area contributed by atoms with Crippen molar-refractivity contribution in [3.8, 4) is 0 Å². The van der Waals surface area contributed by atoms with Crippen LogP contribution in [0.3, 0.4) is 0 Å². The minimum absolute atomic E-state index is 0.106. The lowest BCUT2D eigenvalue weighted by atomic mass is 10.1. The van der Waals surface area contributed by atoms with Gasteiger partial charge in [0.05, 0.1) is 11.8 Å². The molecule has 3 aromatic rings. The predicted octanol–water partition coefficient (Wildman–Crippen LogP) is 3.97. The molecule has 0 amide bonds. The molecule has 0 spiro atoms. The number of hydrogen-bond acceptors (Lipinski definition) is 6. The minimum Gasteiger partial charge on any atom is -0.457 e. The minimum atomic E-state index is -0.618. The molecular weight excluding hydrogens is 365 g/mol. The van der Waals surface area contributed by atoms with E-state index in [-0.39, 0.29) is 23.6 Å². The smallest absolute Gasteiger partial charge is 0.310 e. The average Bonchev–Trinajstić information content (AvgIpc) is 2.84. The zero-order valence-electron chi connectivity index (χ0n) is 13.6. The molecule has 5 nitrogen and oxygen atoms in total. The SMILES string of the molecule is Cc1sc2nc(COC(=O)Cc3c(F)cccc3Cl)nc(N)c2c1C. The summed E-state index contributed by atoms with van der Waals surface area (Å²) in [5.41, 5.74) is 7.15. The van der Waals surface area contributed by atoms with Gasteiger partial charge < -0.3 is 10.5 Å². The third-order valence-electron chi connectivity index (χ3n) is 3.85. The van der Waals surface area contributed by atoms with E-state index in [0.29, 0.717) is 11.6 Å². The maximum absolute atomic E-state index is 13.7. The fraction of sp³-hybridized carbons (Fsp3) is 0.235. The largest absolute Gasteiger partial charge is 0.457 e. The van der Waals surface area contributed by atoms with E-state index in [1.165, 1.54) is 29.5 Å². The molecule has 0 fully saturated rings. The number of anilines is 1. The van der Waals surface area contributed by atoms with Gasteiger partial charge in [0.2, 0.25) is 0 Å². The summed E-state index contributed by atoms with van der Waals surface area (Å²) in [7, 11) is 0.